The largest absolute Gasteiger partial charge is 0.392 e. The molecule has 1 aliphatic carbocycles. The molecule has 1 heterocycles. The third-order valence-electron chi connectivity index (χ3n) is 4.44. The minimum atomic E-state index is -0.438. The highest BCUT2D eigenvalue weighted by molar-refractivity contribution is 7.80. The van der Waals surface area contributed by atoms with Crippen LogP contribution in [-0.4, -0.2) is 27.7 Å². The topological polar surface area (TPSA) is 63.4 Å². The van der Waals surface area contributed by atoms with Gasteiger partial charge in [0, 0.05) is 6.42 Å². The second-order valence-electron chi connectivity index (χ2n) is 5.79. The molecular weight excluding hydrogens is 260 g/mol. The van der Waals surface area contributed by atoms with E-state index < -0.39 is 5.41 Å². The van der Waals surface area contributed by atoms with Crippen LogP contribution in [0.1, 0.15) is 58.3 Å². The monoisotopic (exact) mass is 282 g/mol. The lowest BCUT2D eigenvalue weighted by molar-refractivity contribution is -0.143. The fraction of sp³-hybridized carbons (Fsp3) is 0.786. The summed E-state index contributed by atoms with van der Waals surface area (Å²) in [7, 11) is 0. The second kappa shape index (κ2) is 5.57. The van der Waals surface area contributed by atoms with E-state index >= 15 is 0 Å². The molecule has 1 atom stereocenters. The summed E-state index contributed by atoms with van der Waals surface area (Å²) in [5, 5.41) is 0. The SMILES string of the molecule is CCCC(C(N)=S)N1C(=O)CC2(CCCCC2)C1=O. The molecular formula is C14H22N2O2S. The van der Waals surface area contributed by atoms with Crippen LogP contribution in [0.3, 0.4) is 0 Å². The average molecular weight is 282 g/mol. The number of imide groups is 1. The molecule has 0 aromatic rings. The van der Waals surface area contributed by atoms with Crippen molar-refractivity contribution in [2.24, 2.45) is 11.1 Å². The van der Waals surface area contributed by atoms with Crippen molar-refractivity contribution >= 4 is 29.0 Å². The van der Waals surface area contributed by atoms with Gasteiger partial charge in [0.05, 0.1) is 16.4 Å². The Labute approximate surface area is 119 Å². The lowest BCUT2D eigenvalue weighted by Gasteiger charge is -2.32. The lowest BCUT2D eigenvalue weighted by atomic mass is 9.73. The van der Waals surface area contributed by atoms with Crippen molar-refractivity contribution in [3.05, 3.63) is 0 Å². The summed E-state index contributed by atoms with van der Waals surface area (Å²) in [5.74, 6) is -0.110. The number of nitrogens with two attached hydrogens (primary N) is 1. The molecule has 1 unspecified atom stereocenters. The molecule has 0 aromatic carbocycles. The van der Waals surface area contributed by atoms with Crippen molar-refractivity contribution in [1.29, 1.82) is 0 Å². The van der Waals surface area contributed by atoms with Gasteiger partial charge in [-0.15, -0.1) is 0 Å². The van der Waals surface area contributed by atoms with Crippen molar-refractivity contribution < 1.29 is 9.59 Å². The number of nitrogens with zero attached hydrogens (tertiary/aromatic N) is 1. The van der Waals surface area contributed by atoms with Gasteiger partial charge in [-0.2, -0.15) is 0 Å². The van der Waals surface area contributed by atoms with Crippen molar-refractivity contribution in [1.82, 2.24) is 4.90 Å². The number of hydrogen-bond donors (Lipinski definition) is 1. The third-order valence-corrected chi connectivity index (χ3v) is 4.72. The molecule has 2 rings (SSSR count). The molecule has 0 radical (unpaired) electrons. The zero-order valence-electron chi connectivity index (χ0n) is 11.5. The first-order chi connectivity index (χ1) is 9.02. The maximum atomic E-state index is 12.7. The van der Waals surface area contributed by atoms with Crippen LogP contribution in [0.15, 0.2) is 0 Å². The summed E-state index contributed by atoms with van der Waals surface area (Å²) in [6.07, 6.45) is 6.80. The molecule has 0 bridgehead atoms. The Kier molecular flexibility index (Phi) is 4.23. The molecule has 2 amide bonds. The van der Waals surface area contributed by atoms with E-state index in [1.807, 2.05) is 6.92 Å². The molecule has 19 heavy (non-hydrogen) atoms. The summed E-state index contributed by atoms with van der Waals surface area (Å²) >= 11 is 5.05. The van der Waals surface area contributed by atoms with Crippen molar-refractivity contribution in [2.45, 2.75) is 64.3 Å². The molecule has 5 heteroatoms. The number of carbonyl (C=O) groups is 2. The van der Waals surface area contributed by atoms with Gasteiger partial charge in [-0.25, -0.2) is 0 Å². The van der Waals surface area contributed by atoms with Gasteiger partial charge in [-0.1, -0.05) is 44.8 Å². The van der Waals surface area contributed by atoms with Gasteiger partial charge in [-0.05, 0) is 19.3 Å². The van der Waals surface area contributed by atoms with E-state index in [4.69, 9.17) is 18.0 Å². The molecule has 1 saturated carbocycles. The minimum absolute atomic E-state index is 0.0246. The highest BCUT2D eigenvalue weighted by atomic mass is 32.1. The Balaban J connectivity index is 2.24. The maximum absolute atomic E-state index is 12.7. The van der Waals surface area contributed by atoms with E-state index in [0.29, 0.717) is 12.8 Å². The van der Waals surface area contributed by atoms with Crippen molar-refractivity contribution in [3.63, 3.8) is 0 Å². The molecule has 1 spiro atoms. The number of carbonyl (C=O) groups excluding carboxylic acids is 2. The van der Waals surface area contributed by atoms with E-state index in [-0.39, 0.29) is 22.8 Å². The number of hydrogen-bond acceptors (Lipinski definition) is 3. The summed E-state index contributed by atoms with van der Waals surface area (Å²) in [6, 6.07) is -0.388. The van der Waals surface area contributed by atoms with Crippen LogP contribution in [0, 0.1) is 5.41 Å². The number of thiocarbonyl (C=S) groups is 1. The van der Waals surface area contributed by atoms with Gasteiger partial charge >= 0.3 is 0 Å². The molecule has 0 aromatic heterocycles. The molecule has 106 valence electrons. The Hall–Kier alpha value is -0.970. The number of likely N-dealkylation sites (tertiary alicyclic amines) is 1. The van der Waals surface area contributed by atoms with Crippen LogP contribution in [0.25, 0.3) is 0 Å². The predicted molar refractivity (Wildman–Crippen MR) is 77.5 cm³/mol. The summed E-state index contributed by atoms with van der Waals surface area (Å²) in [4.78, 5) is 26.6. The molecule has 2 N–H and O–H groups in total. The maximum Gasteiger partial charge on any atom is 0.236 e. The van der Waals surface area contributed by atoms with Crippen LogP contribution in [0.2, 0.25) is 0 Å². The van der Waals surface area contributed by atoms with Crippen LogP contribution in [0.5, 0.6) is 0 Å². The Morgan fingerprint density at radius 2 is 2.00 bits per heavy atom. The van der Waals surface area contributed by atoms with Crippen molar-refractivity contribution in [3.8, 4) is 0 Å². The standard InChI is InChI=1S/C14H22N2O2S/c1-2-6-10(12(15)19)16-11(17)9-14(13(16)18)7-4-3-5-8-14/h10H,2-9H2,1H3,(H2,15,19). The highest BCUT2D eigenvalue weighted by Crippen LogP contribution is 2.46. The number of rotatable bonds is 4. The Morgan fingerprint density at radius 1 is 1.37 bits per heavy atom. The zero-order valence-corrected chi connectivity index (χ0v) is 12.3. The molecule has 1 aliphatic heterocycles. The Bertz CT molecular complexity index is 402. The quantitative estimate of drug-likeness (QED) is 0.634. The van der Waals surface area contributed by atoms with Gasteiger partial charge in [0.15, 0.2) is 0 Å². The first-order valence-corrected chi connectivity index (χ1v) is 7.58. The minimum Gasteiger partial charge on any atom is -0.392 e. The fourth-order valence-electron chi connectivity index (χ4n) is 3.43. The Morgan fingerprint density at radius 3 is 2.53 bits per heavy atom. The van der Waals surface area contributed by atoms with Crippen LogP contribution >= 0.6 is 12.2 Å². The summed E-state index contributed by atoms with van der Waals surface area (Å²) < 4.78 is 0. The van der Waals surface area contributed by atoms with Crippen LogP contribution in [0.4, 0.5) is 0 Å². The average Bonchev–Trinajstić information content (AvgIpc) is 2.60. The highest BCUT2D eigenvalue weighted by Gasteiger charge is 2.53. The molecule has 2 aliphatic rings. The van der Waals surface area contributed by atoms with Gasteiger partial charge in [0.25, 0.3) is 0 Å². The first-order valence-electron chi connectivity index (χ1n) is 7.17. The first kappa shape index (κ1) is 14.4. The smallest absolute Gasteiger partial charge is 0.236 e. The third kappa shape index (κ3) is 2.53. The van der Waals surface area contributed by atoms with E-state index in [9.17, 15) is 9.59 Å². The van der Waals surface area contributed by atoms with Gasteiger partial charge in [0.2, 0.25) is 11.8 Å². The van der Waals surface area contributed by atoms with Gasteiger partial charge in [0.1, 0.15) is 0 Å². The van der Waals surface area contributed by atoms with E-state index in [2.05, 4.69) is 0 Å². The summed E-state index contributed by atoms with van der Waals surface area (Å²) in [5.41, 5.74) is 5.29. The number of amides is 2. The normalized spacial score (nSPS) is 23.9. The van der Waals surface area contributed by atoms with Gasteiger partial charge in [-0.3, -0.25) is 14.5 Å². The predicted octanol–water partition coefficient (Wildman–Crippen LogP) is 2.15. The fourth-order valence-corrected chi connectivity index (χ4v) is 3.65. The molecule has 2 fully saturated rings. The summed E-state index contributed by atoms with van der Waals surface area (Å²) in [6.45, 7) is 2.01. The van der Waals surface area contributed by atoms with Crippen LogP contribution in [-0.2, 0) is 9.59 Å². The second-order valence-corrected chi connectivity index (χ2v) is 6.26. The van der Waals surface area contributed by atoms with Crippen LogP contribution < -0.4 is 5.73 Å². The van der Waals surface area contributed by atoms with E-state index in [0.717, 1.165) is 38.5 Å². The van der Waals surface area contributed by atoms with E-state index in [1.165, 1.54) is 4.90 Å². The van der Waals surface area contributed by atoms with Crippen molar-refractivity contribution in [2.75, 3.05) is 0 Å². The van der Waals surface area contributed by atoms with E-state index in [1.54, 1.807) is 0 Å². The molecule has 4 nitrogen and oxygen atoms in total. The zero-order chi connectivity index (χ0) is 14.0. The molecule has 1 saturated heterocycles. The van der Waals surface area contributed by atoms with Gasteiger partial charge < -0.3 is 5.73 Å². The lowest BCUT2D eigenvalue weighted by Crippen LogP contribution is -2.48.